The summed E-state index contributed by atoms with van der Waals surface area (Å²) in [4.78, 5) is 35.1. The third kappa shape index (κ3) is 14.1. The first-order chi connectivity index (χ1) is 41.8. The van der Waals surface area contributed by atoms with Crippen LogP contribution in [-0.2, 0) is 43.5 Å². The Morgan fingerprint density at radius 3 is 1.03 bits per heavy atom. The maximum absolute atomic E-state index is 15.4. The van der Waals surface area contributed by atoms with Gasteiger partial charge in [-0.15, -0.1) is 0 Å². The van der Waals surface area contributed by atoms with Crippen LogP contribution in [0.2, 0.25) is 0 Å². The average Bonchev–Trinajstić information content (AvgIpc) is 1.80. The van der Waals surface area contributed by atoms with E-state index in [4.69, 9.17) is 37.9 Å². The summed E-state index contributed by atoms with van der Waals surface area (Å²) in [6, 6.07) is 49.9. The van der Waals surface area contributed by atoms with Gasteiger partial charge in [-0.25, -0.2) is 27.2 Å². The zero-order chi connectivity index (χ0) is 60.2. The molecule has 8 aromatic carbocycles. The second-order valence-electron chi connectivity index (χ2n) is 21.5. The first-order valence-electron chi connectivity index (χ1n) is 28.7. The van der Waals surface area contributed by atoms with E-state index < -0.39 is 23.5 Å². The van der Waals surface area contributed by atoms with Crippen LogP contribution in [0.5, 0.6) is 34.5 Å². The number of para-hydroxylation sites is 2. The molecule has 2 heterocycles. The summed E-state index contributed by atoms with van der Waals surface area (Å²) in [6.07, 6.45) is 3.14. The van der Waals surface area contributed by atoms with E-state index in [0.29, 0.717) is 121 Å². The Hall–Kier alpha value is -8.86. The number of carbonyl (C=O) groups excluding carboxylic acids is 2. The molecule has 0 aromatic heterocycles. The molecule has 0 spiro atoms. The molecule has 8 aromatic rings. The number of carbonyl (C=O) groups is 2. The van der Waals surface area contributed by atoms with Crippen molar-refractivity contribution in [2.24, 2.45) is 0 Å². The van der Waals surface area contributed by atoms with E-state index in [1.165, 1.54) is 77.0 Å². The second-order valence-corrected chi connectivity index (χ2v) is 21.5. The lowest BCUT2D eigenvalue weighted by atomic mass is 9.87. The normalized spacial score (nSPS) is 16.9. The lowest BCUT2D eigenvalue weighted by Gasteiger charge is -2.38. The van der Waals surface area contributed by atoms with Crippen molar-refractivity contribution < 1.29 is 65.0 Å². The molecule has 0 aliphatic carbocycles. The lowest BCUT2D eigenvalue weighted by Crippen LogP contribution is -2.52. The Morgan fingerprint density at radius 2 is 0.733 bits per heavy atom. The SMILES string of the molecule is COc1cc2c(cc1OC)C(OC(=O)C(=O)OC1(Oc3ccccc3)CN(CCCC(c3ccc(F)cc3)c3ccc(F)cc3)CCc3cc(OC)c(OC)cc31)(Oc1ccccc1)CN(CCCC(c1ccc(F)cc1)c1ccc(F)cc1)CC2. The van der Waals surface area contributed by atoms with Gasteiger partial charge < -0.3 is 37.9 Å². The number of methoxy groups -OCH3 is 4. The summed E-state index contributed by atoms with van der Waals surface area (Å²) >= 11 is 0. The number of ether oxygens (including phenoxy) is 8. The van der Waals surface area contributed by atoms with Gasteiger partial charge in [0.05, 0.1) is 41.5 Å². The summed E-state index contributed by atoms with van der Waals surface area (Å²) in [6.45, 7) is 1.59. The van der Waals surface area contributed by atoms with Gasteiger partial charge in [0.25, 0.3) is 11.6 Å². The van der Waals surface area contributed by atoms with Gasteiger partial charge in [-0.1, -0.05) is 84.9 Å². The van der Waals surface area contributed by atoms with Gasteiger partial charge in [-0.05, 0) is 182 Å². The topological polar surface area (TPSA) is 114 Å². The van der Waals surface area contributed by atoms with E-state index in [0.717, 1.165) is 22.3 Å². The molecule has 2 aliphatic rings. The number of esters is 2. The zero-order valence-corrected chi connectivity index (χ0v) is 48.4. The molecular weight excluding hydrogens is 1100 g/mol. The van der Waals surface area contributed by atoms with Crippen molar-refractivity contribution in [3.05, 3.63) is 250 Å². The highest BCUT2D eigenvalue weighted by Gasteiger charge is 2.51. The van der Waals surface area contributed by atoms with Gasteiger partial charge in [-0.3, -0.25) is 9.80 Å². The van der Waals surface area contributed by atoms with E-state index in [1.54, 1.807) is 109 Å². The molecule has 0 N–H and O–H groups in total. The number of nitrogens with zero attached hydrogens (tertiary/aromatic N) is 2. The molecular formula is C70H68F4N2O10. The molecule has 2 aliphatic heterocycles. The van der Waals surface area contributed by atoms with Crippen LogP contribution >= 0.6 is 0 Å². The molecule has 0 bridgehead atoms. The Balaban J connectivity index is 1.01. The smallest absolute Gasteiger partial charge is 0.421 e. The first kappa shape index (κ1) is 60.3. The van der Waals surface area contributed by atoms with Gasteiger partial charge in [0.2, 0.25) is 0 Å². The van der Waals surface area contributed by atoms with Crippen LogP contribution in [0, 0.1) is 23.3 Å². The molecule has 12 nitrogen and oxygen atoms in total. The quantitative estimate of drug-likeness (QED) is 0.0278. The summed E-state index contributed by atoms with van der Waals surface area (Å²) in [7, 11) is 6.05. The standard InChI is InChI=1S/C70H68F4N2O10/c1-79-63-41-51-35-39-75(37-11-17-59(47-19-27-53(71)28-20-47)48-21-29-54(72)30-22-48)45-69(61(51)43-65(63)81-3,83-57-13-7-5-8-14-57)85-67(77)68(78)86-70(84-58-15-9-6-10-16-58)46-76(40-36-52-42-64(80-2)66(82-4)44-62(52)70)38-12-18-60(49-23-31-55(73)32-24-49)50-25-33-56(74)34-26-50/h5-10,13-16,19-34,41-44,59-60H,11-12,17-18,35-40,45-46H2,1-4H3. The number of halogens is 4. The van der Waals surface area contributed by atoms with Crippen LogP contribution in [0.25, 0.3) is 0 Å². The Bertz CT molecular complexity index is 3240. The first-order valence-corrected chi connectivity index (χ1v) is 28.7. The van der Waals surface area contributed by atoms with Crippen molar-refractivity contribution >= 4 is 11.9 Å². The maximum atomic E-state index is 15.4. The number of hydrogen-bond acceptors (Lipinski definition) is 12. The second kappa shape index (κ2) is 27.5. The van der Waals surface area contributed by atoms with E-state index in [1.807, 2.05) is 24.3 Å². The van der Waals surface area contributed by atoms with E-state index in [9.17, 15) is 17.6 Å². The van der Waals surface area contributed by atoms with Crippen molar-refractivity contribution in [1.29, 1.82) is 0 Å². The van der Waals surface area contributed by atoms with E-state index >= 15 is 9.59 Å². The number of hydrogen-bond donors (Lipinski definition) is 0. The Labute approximate surface area is 498 Å². The predicted octanol–water partition coefficient (Wildman–Crippen LogP) is 13.5. The largest absolute Gasteiger partial charge is 0.493 e. The minimum absolute atomic E-state index is 0.0861. The fraction of sp³-hybridized carbons (Fsp3) is 0.286. The number of rotatable bonds is 22. The van der Waals surface area contributed by atoms with Crippen molar-refractivity contribution in [3.63, 3.8) is 0 Å². The van der Waals surface area contributed by atoms with Gasteiger partial charge in [0, 0.05) is 36.1 Å². The van der Waals surface area contributed by atoms with Gasteiger partial charge in [0.15, 0.2) is 23.0 Å². The van der Waals surface area contributed by atoms with Crippen LogP contribution in [-0.4, -0.2) is 89.4 Å². The molecule has 86 heavy (non-hydrogen) atoms. The molecule has 2 atom stereocenters. The zero-order valence-electron chi connectivity index (χ0n) is 48.4. The molecule has 0 fully saturated rings. The summed E-state index contributed by atoms with van der Waals surface area (Å²) in [5.41, 5.74) is 5.62. The van der Waals surface area contributed by atoms with Gasteiger partial charge in [0.1, 0.15) is 34.8 Å². The number of fused-ring (bicyclic) bond motifs is 2. The van der Waals surface area contributed by atoms with E-state index in [-0.39, 0.29) is 48.2 Å². The van der Waals surface area contributed by atoms with Crippen molar-refractivity contribution in [1.82, 2.24) is 9.80 Å². The van der Waals surface area contributed by atoms with Crippen LogP contribution in [0.4, 0.5) is 17.6 Å². The maximum Gasteiger partial charge on any atom is 0.421 e. The molecule has 0 saturated carbocycles. The average molecular weight is 1170 g/mol. The highest BCUT2D eigenvalue weighted by Crippen LogP contribution is 2.45. The van der Waals surface area contributed by atoms with Gasteiger partial charge in [-0.2, -0.15) is 0 Å². The molecule has 0 saturated heterocycles. The summed E-state index contributed by atoms with van der Waals surface area (Å²) < 4.78 is 108. The summed E-state index contributed by atoms with van der Waals surface area (Å²) in [5.74, 6) is -6.71. The fourth-order valence-corrected chi connectivity index (χ4v) is 11.8. The van der Waals surface area contributed by atoms with Crippen molar-refractivity contribution in [2.75, 3.05) is 67.7 Å². The molecule has 16 heteroatoms. The highest BCUT2D eigenvalue weighted by atomic mass is 19.1. The third-order valence-electron chi connectivity index (χ3n) is 16.1. The van der Waals surface area contributed by atoms with Gasteiger partial charge >= 0.3 is 11.9 Å². The minimum Gasteiger partial charge on any atom is -0.493 e. The van der Waals surface area contributed by atoms with Crippen LogP contribution in [0.3, 0.4) is 0 Å². The van der Waals surface area contributed by atoms with Crippen LogP contribution in [0.15, 0.2) is 182 Å². The fourth-order valence-electron chi connectivity index (χ4n) is 11.8. The molecule has 10 rings (SSSR count). The highest BCUT2D eigenvalue weighted by molar-refractivity contribution is 6.30. The Morgan fingerprint density at radius 1 is 0.430 bits per heavy atom. The molecule has 2 unspecified atom stereocenters. The predicted molar refractivity (Wildman–Crippen MR) is 317 cm³/mol. The Kier molecular flexibility index (Phi) is 19.2. The lowest BCUT2D eigenvalue weighted by molar-refractivity contribution is -0.233. The molecule has 0 amide bonds. The molecule has 446 valence electrons. The third-order valence-corrected chi connectivity index (χ3v) is 16.1. The molecule has 0 radical (unpaired) electrons. The minimum atomic E-state index is -2.06. The monoisotopic (exact) mass is 1170 g/mol. The summed E-state index contributed by atoms with van der Waals surface area (Å²) in [5, 5.41) is 0. The van der Waals surface area contributed by atoms with Crippen molar-refractivity contribution in [3.8, 4) is 34.5 Å². The van der Waals surface area contributed by atoms with Crippen LogP contribution in [0.1, 0.15) is 82.0 Å². The van der Waals surface area contributed by atoms with Crippen molar-refractivity contribution in [2.45, 2.75) is 61.9 Å². The van der Waals surface area contributed by atoms with E-state index in [2.05, 4.69) is 9.80 Å². The number of benzene rings is 8. The van der Waals surface area contributed by atoms with Crippen LogP contribution < -0.4 is 28.4 Å².